The molecule has 10 nitrogen and oxygen atoms in total. The lowest BCUT2D eigenvalue weighted by Crippen LogP contribution is -2.22. The van der Waals surface area contributed by atoms with E-state index in [4.69, 9.17) is 0 Å². The van der Waals surface area contributed by atoms with Crippen LogP contribution in [0.2, 0.25) is 0 Å². The second kappa shape index (κ2) is 9.83. The number of carbonyl (C=O) groups is 2. The summed E-state index contributed by atoms with van der Waals surface area (Å²) in [4.78, 5) is 39.1. The number of fused-ring (bicyclic) bond motifs is 1. The zero-order valence-corrected chi connectivity index (χ0v) is 18.6. The molecule has 0 unspecified atom stereocenters. The largest absolute Gasteiger partial charge is 0.468 e. The predicted molar refractivity (Wildman–Crippen MR) is 117 cm³/mol. The van der Waals surface area contributed by atoms with E-state index in [1.54, 1.807) is 18.2 Å². The van der Waals surface area contributed by atoms with Gasteiger partial charge in [-0.3, -0.25) is 19.7 Å². The van der Waals surface area contributed by atoms with Gasteiger partial charge in [0, 0.05) is 18.6 Å². The van der Waals surface area contributed by atoms with Crippen LogP contribution in [0.5, 0.6) is 0 Å². The number of nitro groups is 1. The number of thiazole rings is 1. The van der Waals surface area contributed by atoms with Gasteiger partial charge in [0.25, 0.3) is 5.69 Å². The molecule has 0 saturated carbocycles. The van der Waals surface area contributed by atoms with E-state index in [1.165, 1.54) is 42.0 Å². The third-order valence-electron chi connectivity index (χ3n) is 4.52. The summed E-state index contributed by atoms with van der Waals surface area (Å²) in [6, 6.07) is 12.1. The van der Waals surface area contributed by atoms with Gasteiger partial charge in [-0.2, -0.15) is 4.99 Å². The van der Waals surface area contributed by atoms with Crippen molar-refractivity contribution >= 4 is 49.0 Å². The van der Waals surface area contributed by atoms with Crippen LogP contribution in [0.4, 0.5) is 5.69 Å². The number of rotatable bonds is 8. The zero-order chi connectivity index (χ0) is 23.3. The molecule has 0 fully saturated rings. The smallest absolute Gasteiger partial charge is 0.325 e. The monoisotopic (exact) mass is 477 g/mol. The molecule has 1 amide bonds. The third-order valence-corrected chi connectivity index (χ3v) is 7.38. The van der Waals surface area contributed by atoms with Crippen LogP contribution in [-0.4, -0.2) is 42.6 Å². The number of aromatic nitrogens is 1. The summed E-state index contributed by atoms with van der Waals surface area (Å²) in [5.41, 5.74) is 0.358. The summed E-state index contributed by atoms with van der Waals surface area (Å²) < 4.78 is 31.3. The number of hydrogen-bond donors (Lipinski definition) is 0. The van der Waals surface area contributed by atoms with Gasteiger partial charge >= 0.3 is 5.97 Å². The van der Waals surface area contributed by atoms with Crippen LogP contribution in [0.15, 0.2) is 58.4 Å². The van der Waals surface area contributed by atoms with Crippen molar-refractivity contribution in [3.05, 3.63) is 63.4 Å². The lowest BCUT2D eigenvalue weighted by molar-refractivity contribution is -0.384. The molecular weight excluding hydrogens is 458 g/mol. The lowest BCUT2D eigenvalue weighted by atomic mass is 10.3. The first-order valence-corrected chi connectivity index (χ1v) is 11.9. The molecule has 3 aromatic rings. The number of hydrogen-bond acceptors (Lipinski definition) is 8. The average Bonchev–Trinajstić information content (AvgIpc) is 3.10. The highest BCUT2D eigenvalue weighted by molar-refractivity contribution is 7.91. The van der Waals surface area contributed by atoms with E-state index < -0.39 is 26.6 Å². The summed E-state index contributed by atoms with van der Waals surface area (Å²) in [6.07, 6.45) is -0.0361. The highest BCUT2D eigenvalue weighted by Gasteiger charge is 2.17. The Morgan fingerprint density at radius 2 is 1.91 bits per heavy atom. The Kier molecular flexibility index (Phi) is 7.15. The molecule has 0 bridgehead atoms. The highest BCUT2D eigenvalue weighted by atomic mass is 32.2. The first-order chi connectivity index (χ1) is 15.2. The maximum absolute atomic E-state index is 12.4. The van der Waals surface area contributed by atoms with Crippen LogP contribution in [-0.2, 0) is 30.7 Å². The maximum Gasteiger partial charge on any atom is 0.325 e. The lowest BCUT2D eigenvalue weighted by Gasteiger charge is -2.04. The number of benzene rings is 2. The minimum atomic E-state index is -3.51. The molecule has 0 spiro atoms. The molecule has 0 aliphatic carbocycles. The molecular formula is C20H19N3O7S2. The highest BCUT2D eigenvalue weighted by Crippen LogP contribution is 2.23. The summed E-state index contributed by atoms with van der Waals surface area (Å²) in [5.74, 6) is -1.35. The number of amides is 1. The Labute approximate surface area is 186 Å². The van der Waals surface area contributed by atoms with Gasteiger partial charge in [-0.1, -0.05) is 29.5 Å². The quantitative estimate of drug-likeness (QED) is 0.276. The molecule has 0 saturated heterocycles. The Morgan fingerprint density at radius 3 is 2.56 bits per heavy atom. The van der Waals surface area contributed by atoms with Crippen LogP contribution in [0.3, 0.4) is 0 Å². The van der Waals surface area contributed by atoms with Crippen LogP contribution in [0.1, 0.15) is 12.8 Å². The van der Waals surface area contributed by atoms with Gasteiger partial charge in [-0.15, -0.1) is 0 Å². The van der Waals surface area contributed by atoms with E-state index in [9.17, 15) is 28.1 Å². The molecule has 0 aliphatic rings. The van der Waals surface area contributed by atoms with Crippen molar-refractivity contribution in [3.8, 4) is 0 Å². The van der Waals surface area contributed by atoms with E-state index in [-0.39, 0.29) is 40.5 Å². The van der Waals surface area contributed by atoms with E-state index in [0.717, 1.165) is 11.3 Å². The number of ether oxygens (including phenoxy) is 1. The second-order valence-corrected chi connectivity index (χ2v) is 9.82. The van der Waals surface area contributed by atoms with Crippen molar-refractivity contribution in [2.24, 2.45) is 4.99 Å². The van der Waals surface area contributed by atoms with E-state index in [2.05, 4.69) is 9.73 Å². The van der Waals surface area contributed by atoms with Gasteiger partial charge in [-0.05, 0) is 24.6 Å². The number of carbonyl (C=O) groups excluding carboxylic acids is 2. The molecule has 2 aromatic carbocycles. The van der Waals surface area contributed by atoms with Gasteiger partial charge in [-0.25, -0.2) is 8.42 Å². The van der Waals surface area contributed by atoms with Crippen molar-refractivity contribution in [1.82, 2.24) is 4.57 Å². The summed E-state index contributed by atoms with van der Waals surface area (Å²) in [7, 11) is -2.29. The number of sulfone groups is 1. The standard InChI is InChI=1S/C20H19N3O7S2/c1-30-19(25)13-22-16-10-9-14(23(26)27)12-17(16)31-20(22)21-18(24)8-5-11-32(28,29)15-6-3-2-4-7-15/h2-4,6-7,9-10,12H,5,8,11,13H2,1H3. The minimum Gasteiger partial charge on any atom is -0.468 e. The Hall–Kier alpha value is -3.38. The molecule has 1 heterocycles. The van der Waals surface area contributed by atoms with Crippen LogP contribution < -0.4 is 4.80 Å². The number of non-ortho nitro benzene ring substituents is 1. The molecule has 168 valence electrons. The molecule has 0 aliphatic heterocycles. The Balaban J connectivity index is 1.84. The SMILES string of the molecule is COC(=O)Cn1c(=NC(=O)CCCS(=O)(=O)c2ccccc2)sc2cc([N+](=O)[O-])ccc21. The van der Waals surface area contributed by atoms with Crippen molar-refractivity contribution < 1.29 is 27.7 Å². The van der Waals surface area contributed by atoms with E-state index >= 15 is 0 Å². The number of nitrogens with zero attached hydrogens (tertiary/aromatic N) is 3. The topological polar surface area (TPSA) is 138 Å². The summed E-state index contributed by atoms with van der Waals surface area (Å²) in [6.45, 7) is -0.233. The average molecular weight is 478 g/mol. The molecule has 1 aromatic heterocycles. The van der Waals surface area contributed by atoms with Crippen LogP contribution in [0, 0.1) is 10.1 Å². The normalized spacial score (nSPS) is 12.1. The molecule has 0 radical (unpaired) electrons. The van der Waals surface area contributed by atoms with E-state index in [0.29, 0.717) is 10.2 Å². The predicted octanol–water partition coefficient (Wildman–Crippen LogP) is 2.47. The van der Waals surface area contributed by atoms with Gasteiger partial charge in [0.1, 0.15) is 6.54 Å². The molecule has 0 N–H and O–H groups in total. The molecule has 3 rings (SSSR count). The zero-order valence-electron chi connectivity index (χ0n) is 17.0. The van der Waals surface area contributed by atoms with Gasteiger partial charge < -0.3 is 9.30 Å². The second-order valence-electron chi connectivity index (χ2n) is 6.70. The number of nitro benzene ring substituents is 1. The first-order valence-electron chi connectivity index (χ1n) is 9.41. The summed E-state index contributed by atoms with van der Waals surface area (Å²) >= 11 is 1.02. The van der Waals surface area contributed by atoms with E-state index in [1.807, 2.05) is 0 Å². The Morgan fingerprint density at radius 1 is 1.19 bits per heavy atom. The van der Waals surface area contributed by atoms with Crippen molar-refractivity contribution in [2.45, 2.75) is 24.3 Å². The van der Waals surface area contributed by atoms with Crippen molar-refractivity contribution in [3.63, 3.8) is 0 Å². The van der Waals surface area contributed by atoms with Gasteiger partial charge in [0.2, 0.25) is 5.91 Å². The minimum absolute atomic E-state index is 0.0763. The summed E-state index contributed by atoms with van der Waals surface area (Å²) in [5, 5.41) is 11.0. The van der Waals surface area contributed by atoms with Crippen molar-refractivity contribution in [2.75, 3.05) is 12.9 Å². The third kappa shape index (κ3) is 5.45. The van der Waals surface area contributed by atoms with Gasteiger partial charge in [0.05, 0.1) is 32.9 Å². The number of methoxy groups -OCH3 is 1. The van der Waals surface area contributed by atoms with Crippen molar-refractivity contribution in [1.29, 1.82) is 0 Å². The Bertz CT molecular complexity index is 1340. The fourth-order valence-electron chi connectivity index (χ4n) is 2.93. The molecule has 12 heteroatoms. The van der Waals surface area contributed by atoms with Gasteiger partial charge in [0.15, 0.2) is 14.6 Å². The number of esters is 1. The first kappa shape index (κ1) is 23.3. The van der Waals surface area contributed by atoms with Crippen LogP contribution in [0.25, 0.3) is 10.2 Å². The fourth-order valence-corrected chi connectivity index (χ4v) is 5.34. The fraction of sp³-hybridized carbons (Fsp3) is 0.250. The van der Waals surface area contributed by atoms with Crippen LogP contribution >= 0.6 is 11.3 Å². The molecule has 0 atom stereocenters. The molecule has 32 heavy (non-hydrogen) atoms. The maximum atomic E-state index is 12.4.